The largest absolute Gasteiger partial charge is 0.498 e. The van der Waals surface area contributed by atoms with Gasteiger partial charge in [-0.05, 0) is 55.3 Å². The summed E-state index contributed by atoms with van der Waals surface area (Å²) in [6.07, 6.45) is 5.93. The highest BCUT2D eigenvalue weighted by atomic mass is 16.5. The van der Waals surface area contributed by atoms with Crippen LogP contribution >= 0.6 is 0 Å². The second-order valence-electron chi connectivity index (χ2n) is 11.3. The fourth-order valence-corrected chi connectivity index (χ4v) is 6.12. The highest BCUT2D eigenvalue weighted by molar-refractivity contribution is 5.91. The quantitative estimate of drug-likeness (QED) is 0.168. The van der Waals surface area contributed by atoms with Crippen molar-refractivity contribution in [1.29, 1.82) is 0 Å². The minimum atomic E-state index is -1.36. The lowest BCUT2D eigenvalue weighted by Gasteiger charge is -2.49. The molecule has 0 atom stereocenters. The van der Waals surface area contributed by atoms with E-state index in [1.165, 1.54) is 11.2 Å². The summed E-state index contributed by atoms with van der Waals surface area (Å²) in [4.78, 5) is 25.0. The van der Waals surface area contributed by atoms with Crippen molar-refractivity contribution in [3.8, 4) is 11.5 Å². The number of carbonyl (C=O) groups excluding carboxylic acids is 1. The van der Waals surface area contributed by atoms with Crippen LogP contribution in [0.15, 0.2) is 73.0 Å². The fraction of sp³-hybridized carbons (Fsp3) is 0.267. The summed E-state index contributed by atoms with van der Waals surface area (Å²) in [5, 5.41) is 35.6. The van der Waals surface area contributed by atoms with Crippen molar-refractivity contribution in [2.45, 2.75) is 13.3 Å². The summed E-state index contributed by atoms with van der Waals surface area (Å²) in [5.41, 5.74) is 5.38. The first-order chi connectivity index (χ1) is 20.7. The monoisotopic (exact) mass is 582 g/mol. The van der Waals surface area contributed by atoms with Gasteiger partial charge in [0.1, 0.15) is 23.3 Å². The SMILES string of the molecule is Cc1cc(Nc2ncnn3ccc(N4CC5(CCN(C(=O)C(O)=C(O)O)C5)C4)c23)ccc1Oc1ccc2c(c1)ncn2C. The smallest absolute Gasteiger partial charge is 0.324 e. The number of benzene rings is 2. The van der Waals surface area contributed by atoms with E-state index in [0.29, 0.717) is 37.7 Å². The van der Waals surface area contributed by atoms with Gasteiger partial charge in [0.05, 0.1) is 23.0 Å². The maximum atomic E-state index is 12.3. The third kappa shape index (κ3) is 4.58. The van der Waals surface area contributed by atoms with Crippen molar-refractivity contribution in [3.63, 3.8) is 0 Å². The standard InChI is InChI=1S/C30H30N8O5/c1-18-11-19(3-6-24(18)43-20-4-5-22-21(12-20)32-17-35(22)2)34-27-25-23(7-9-38(25)33-16-31-27)37-14-30(15-37)8-10-36(13-30)28(40)26(39)29(41)42/h3-7,9,11-12,16-17,39,41-42H,8,10,13-15H2,1-2H3,(H,31,33,34). The molecule has 2 fully saturated rings. The minimum Gasteiger partial charge on any atom is -0.498 e. The Labute approximate surface area is 245 Å². The predicted octanol–water partition coefficient (Wildman–Crippen LogP) is 4.34. The van der Waals surface area contributed by atoms with E-state index in [1.54, 1.807) is 10.8 Å². The van der Waals surface area contributed by atoms with Gasteiger partial charge < -0.3 is 39.7 Å². The average molecular weight is 583 g/mol. The number of fused-ring (bicyclic) bond motifs is 2. The van der Waals surface area contributed by atoms with Crippen molar-refractivity contribution in [3.05, 3.63) is 78.6 Å². The van der Waals surface area contributed by atoms with E-state index in [4.69, 9.17) is 14.9 Å². The molecule has 2 saturated heterocycles. The Bertz CT molecular complexity index is 1920. The van der Waals surface area contributed by atoms with E-state index < -0.39 is 17.6 Å². The Balaban J connectivity index is 1.07. The first kappa shape index (κ1) is 26.4. The van der Waals surface area contributed by atoms with Gasteiger partial charge in [0.25, 0.3) is 11.7 Å². The van der Waals surface area contributed by atoms with Crippen molar-refractivity contribution in [1.82, 2.24) is 29.0 Å². The molecule has 13 nitrogen and oxygen atoms in total. The zero-order valence-electron chi connectivity index (χ0n) is 23.6. The highest BCUT2D eigenvalue weighted by Crippen LogP contribution is 2.44. The van der Waals surface area contributed by atoms with E-state index >= 15 is 0 Å². The van der Waals surface area contributed by atoms with Gasteiger partial charge in [-0.15, -0.1) is 0 Å². The molecular weight excluding hydrogens is 552 g/mol. The molecule has 2 aromatic carbocycles. The van der Waals surface area contributed by atoms with Gasteiger partial charge in [0.15, 0.2) is 5.82 Å². The molecule has 2 aliphatic heterocycles. The molecule has 2 aliphatic rings. The number of aliphatic hydroxyl groups is 3. The normalized spacial score (nSPS) is 15.7. The molecule has 1 spiro atoms. The number of aromatic nitrogens is 5. The Hall–Kier alpha value is -5.46. The van der Waals surface area contributed by atoms with Crippen LogP contribution in [0.25, 0.3) is 16.6 Å². The summed E-state index contributed by atoms with van der Waals surface area (Å²) in [7, 11) is 1.96. The second kappa shape index (κ2) is 9.82. The Morgan fingerprint density at radius 1 is 1.05 bits per heavy atom. The number of carbonyl (C=O) groups is 1. The summed E-state index contributed by atoms with van der Waals surface area (Å²) in [6, 6.07) is 13.7. The lowest BCUT2D eigenvalue weighted by Crippen LogP contribution is -2.58. The molecule has 5 heterocycles. The number of likely N-dealkylation sites (tertiary alicyclic amines) is 1. The molecule has 43 heavy (non-hydrogen) atoms. The van der Waals surface area contributed by atoms with Crippen LogP contribution in [0, 0.1) is 12.3 Å². The van der Waals surface area contributed by atoms with Crippen LogP contribution in [0.1, 0.15) is 12.0 Å². The van der Waals surface area contributed by atoms with Gasteiger partial charge in [-0.2, -0.15) is 5.10 Å². The van der Waals surface area contributed by atoms with Crippen LogP contribution in [-0.4, -0.2) is 76.5 Å². The minimum absolute atomic E-state index is 0.132. The molecule has 0 radical (unpaired) electrons. The van der Waals surface area contributed by atoms with Crippen molar-refractivity contribution in [2.75, 3.05) is 36.4 Å². The van der Waals surface area contributed by atoms with E-state index in [0.717, 1.165) is 45.7 Å². The third-order valence-corrected chi connectivity index (χ3v) is 8.33. The van der Waals surface area contributed by atoms with Crippen molar-refractivity contribution < 1.29 is 24.9 Å². The number of hydrogen-bond acceptors (Lipinski definition) is 10. The van der Waals surface area contributed by atoms with Gasteiger partial charge >= 0.3 is 5.95 Å². The van der Waals surface area contributed by atoms with Gasteiger partial charge in [0, 0.05) is 56.6 Å². The lowest BCUT2D eigenvalue weighted by molar-refractivity contribution is -0.130. The Morgan fingerprint density at radius 3 is 2.67 bits per heavy atom. The molecule has 0 bridgehead atoms. The summed E-state index contributed by atoms with van der Waals surface area (Å²) < 4.78 is 9.93. The number of anilines is 3. The molecular formula is C30H30N8O5. The maximum absolute atomic E-state index is 12.3. The molecule has 4 N–H and O–H groups in total. The van der Waals surface area contributed by atoms with E-state index in [-0.39, 0.29) is 5.41 Å². The molecule has 1 amide bonds. The highest BCUT2D eigenvalue weighted by Gasteiger charge is 2.50. The number of nitrogens with zero attached hydrogens (tertiary/aromatic N) is 7. The van der Waals surface area contributed by atoms with Gasteiger partial charge in [-0.1, -0.05) is 0 Å². The molecule has 13 heteroatoms. The molecule has 0 unspecified atom stereocenters. The zero-order valence-corrected chi connectivity index (χ0v) is 23.6. The summed E-state index contributed by atoms with van der Waals surface area (Å²) >= 11 is 0. The second-order valence-corrected chi connectivity index (χ2v) is 11.3. The number of aryl methyl sites for hydroxylation is 2. The number of rotatable bonds is 6. The molecule has 5 aromatic rings. The number of imidazole rings is 1. The van der Waals surface area contributed by atoms with E-state index in [9.17, 15) is 9.90 Å². The molecule has 0 aliphatic carbocycles. The molecule has 0 saturated carbocycles. The zero-order chi connectivity index (χ0) is 29.9. The van der Waals surface area contributed by atoms with E-state index in [2.05, 4.69) is 25.3 Å². The molecule has 7 rings (SSSR count). The predicted molar refractivity (Wildman–Crippen MR) is 159 cm³/mol. The third-order valence-electron chi connectivity index (χ3n) is 8.33. The number of hydrogen-bond donors (Lipinski definition) is 4. The molecule has 220 valence electrons. The van der Waals surface area contributed by atoms with Crippen LogP contribution in [-0.2, 0) is 11.8 Å². The van der Waals surface area contributed by atoms with Crippen molar-refractivity contribution in [2.24, 2.45) is 12.5 Å². The van der Waals surface area contributed by atoms with Crippen molar-refractivity contribution >= 4 is 39.6 Å². The topological polar surface area (TPSA) is 154 Å². The number of amides is 1. The number of nitrogens with one attached hydrogen (secondary N) is 1. The van der Waals surface area contributed by atoms with E-state index in [1.807, 2.05) is 67.2 Å². The Kier molecular flexibility index (Phi) is 6.04. The van der Waals surface area contributed by atoms with Crippen LogP contribution in [0.3, 0.4) is 0 Å². The maximum Gasteiger partial charge on any atom is 0.324 e. The van der Waals surface area contributed by atoms with Crippen LogP contribution in [0.4, 0.5) is 17.2 Å². The fourth-order valence-electron chi connectivity index (χ4n) is 6.12. The van der Waals surface area contributed by atoms with Crippen LogP contribution < -0.4 is 15.0 Å². The number of aliphatic hydroxyl groups excluding tert-OH is 2. The van der Waals surface area contributed by atoms with Crippen LogP contribution in [0.2, 0.25) is 0 Å². The summed E-state index contributed by atoms with van der Waals surface area (Å²) in [5.74, 6) is -1.05. The number of ether oxygens (including phenoxy) is 1. The first-order valence-corrected chi connectivity index (χ1v) is 13.8. The van der Waals surface area contributed by atoms with Gasteiger partial charge in [0.2, 0.25) is 0 Å². The average Bonchev–Trinajstić information content (AvgIpc) is 3.70. The Morgan fingerprint density at radius 2 is 1.88 bits per heavy atom. The van der Waals surface area contributed by atoms with Gasteiger partial charge in [-0.25, -0.2) is 14.5 Å². The summed E-state index contributed by atoms with van der Waals surface area (Å²) in [6.45, 7) is 4.26. The molecule has 3 aromatic heterocycles. The van der Waals surface area contributed by atoms with Gasteiger partial charge in [-0.3, -0.25) is 4.79 Å². The van der Waals surface area contributed by atoms with Crippen LogP contribution in [0.5, 0.6) is 11.5 Å². The first-order valence-electron chi connectivity index (χ1n) is 13.8. The lowest BCUT2D eigenvalue weighted by atomic mass is 9.79.